The lowest BCUT2D eigenvalue weighted by Crippen LogP contribution is -2.20. The monoisotopic (exact) mass is 180 g/mol. The number of hydrogen-bond donors (Lipinski definition) is 1. The number of alkyl halides is 2. The Hall–Kier alpha value is -0.220. The number of aliphatic hydroxyl groups excluding tert-OH is 1. The largest absolute Gasteiger partial charge is 0.393 e. The van der Waals surface area contributed by atoms with Gasteiger partial charge in [0.05, 0.1) is 6.10 Å². The second-order valence-corrected chi connectivity index (χ2v) is 3.36. The van der Waals surface area contributed by atoms with E-state index >= 15 is 0 Å². The van der Waals surface area contributed by atoms with E-state index in [-0.39, 0.29) is 5.92 Å². The van der Waals surface area contributed by atoms with Crippen LogP contribution in [0.25, 0.3) is 0 Å². The normalized spacial score (nSPS) is 36.2. The summed E-state index contributed by atoms with van der Waals surface area (Å²) in [7, 11) is 1.54. The summed E-state index contributed by atoms with van der Waals surface area (Å²) in [6.45, 7) is 0.472. The van der Waals surface area contributed by atoms with Crippen molar-refractivity contribution in [2.75, 3.05) is 13.7 Å². The van der Waals surface area contributed by atoms with Crippen LogP contribution in [-0.2, 0) is 4.74 Å². The molecule has 12 heavy (non-hydrogen) atoms. The first-order valence-electron chi connectivity index (χ1n) is 4.10. The van der Waals surface area contributed by atoms with Crippen molar-refractivity contribution in [3.8, 4) is 0 Å². The van der Waals surface area contributed by atoms with Crippen LogP contribution in [0.3, 0.4) is 0 Å². The Bertz CT molecular complexity index is 141. The van der Waals surface area contributed by atoms with Crippen LogP contribution in [0.4, 0.5) is 8.78 Å². The molecule has 1 N–H and O–H groups in total. The van der Waals surface area contributed by atoms with Crippen molar-refractivity contribution in [2.45, 2.75) is 25.4 Å². The summed E-state index contributed by atoms with van der Waals surface area (Å²) in [6.07, 6.45) is -2.41. The number of halogens is 2. The maximum atomic E-state index is 12.2. The zero-order chi connectivity index (χ0) is 9.14. The van der Waals surface area contributed by atoms with Crippen LogP contribution in [0.1, 0.15) is 12.8 Å². The van der Waals surface area contributed by atoms with Gasteiger partial charge in [0.1, 0.15) is 0 Å². The average Bonchev–Trinajstić information content (AvgIpc) is 2.32. The molecule has 4 heteroatoms. The molecule has 1 saturated carbocycles. The summed E-state index contributed by atoms with van der Waals surface area (Å²) in [5, 5.41) is 9.22. The van der Waals surface area contributed by atoms with Gasteiger partial charge in [-0.15, -0.1) is 0 Å². The van der Waals surface area contributed by atoms with E-state index in [0.29, 0.717) is 19.4 Å². The highest BCUT2D eigenvalue weighted by molar-refractivity contribution is 4.84. The van der Waals surface area contributed by atoms with E-state index in [1.54, 1.807) is 7.11 Å². The Morgan fingerprint density at radius 2 is 2.17 bits per heavy atom. The van der Waals surface area contributed by atoms with Gasteiger partial charge < -0.3 is 9.84 Å². The minimum absolute atomic E-state index is 0.101. The van der Waals surface area contributed by atoms with E-state index in [4.69, 9.17) is 4.74 Å². The third kappa shape index (κ3) is 2.14. The van der Waals surface area contributed by atoms with E-state index in [1.807, 2.05) is 0 Å². The van der Waals surface area contributed by atoms with E-state index in [2.05, 4.69) is 0 Å². The number of rotatable bonds is 3. The second kappa shape index (κ2) is 4.14. The van der Waals surface area contributed by atoms with Crippen molar-refractivity contribution in [3.05, 3.63) is 0 Å². The fraction of sp³-hybridized carbons (Fsp3) is 1.00. The highest BCUT2D eigenvalue weighted by Crippen LogP contribution is 2.35. The summed E-state index contributed by atoms with van der Waals surface area (Å²) in [5.41, 5.74) is 0. The zero-order valence-corrected chi connectivity index (χ0v) is 7.04. The Kier molecular flexibility index (Phi) is 3.40. The molecule has 3 unspecified atom stereocenters. The molecule has 72 valence electrons. The van der Waals surface area contributed by atoms with Gasteiger partial charge in [0.15, 0.2) is 0 Å². The fourth-order valence-corrected chi connectivity index (χ4v) is 1.80. The number of hydrogen-bond acceptors (Lipinski definition) is 2. The third-order valence-corrected chi connectivity index (χ3v) is 2.40. The molecule has 1 fully saturated rings. The zero-order valence-electron chi connectivity index (χ0n) is 7.04. The molecule has 0 aromatic rings. The first-order valence-corrected chi connectivity index (χ1v) is 4.10. The smallest absolute Gasteiger partial charge is 0.243 e. The lowest BCUT2D eigenvalue weighted by molar-refractivity contribution is 0.0103. The molecular weight excluding hydrogens is 166 g/mol. The summed E-state index contributed by atoms with van der Waals surface area (Å²) in [5.74, 6) is -0.742. The molecule has 1 rings (SSSR count). The molecule has 1 aliphatic rings. The number of methoxy groups -OCH3 is 1. The number of ether oxygens (including phenoxy) is 1. The van der Waals surface area contributed by atoms with Crippen LogP contribution >= 0.6 is 0 Å². The molecule has 0 saturated heterocycles. The van der Waals surface area contributed by atoms with Gasteiger partial charge in [0, 0.05) is 19.6 Å². The van der Waals surface area contributed by atoms with Crippen molar-refractivity contribution < 1.29 is 18.6 Å². The van der Waals surface area contributed by atoms with Gasteiger partial charge >= 0.3 is 0 Å². The number of aliphatic hydroxyl groups is 1. The average molecular weight is 180 g/mol. The summed E-state index contributed by atoms with van der Waals surface area (Å²) in [4.78, 5) is 0. The Labute approximate surface area is 70.5 Å². The molecule has 0 heterocycles. The standard InChI is InChI=1S/C8H14F2O2/c1-12-4-5-2-6(8(9)10)7(11)3-5/h5-8,11H,2-4H2,1H3. The third-order valence-electron chi connectivity index (χ3n) is 2.40. The molecule has 0 radical (unpaired) electrons. The van der Waals surface area contributed by atoms with Crippen molar-refractivity contribution in [1.82, 2.24) is 0 Å². The highest BCUT2D eigenvalue weighted by atomic mass is 19.3. The lowest BCUT2D eigenvalue weighted by atomic mass is 10.1. The molecule has 0 aromatic heterocycles. The van der Waals surface area contributed by atoms with Crippen molar-refractivity contribution in [2.24, 2.45) is 11.8 Å². The van der Waals surface area contributed by atoms with Crippen LogP contribution in [0.15, 0.2) is 0 Å². The predicted molar refractivity (Wildman–Crippen MR) is 40.1 cm³/mol. The van der Waals surface area contributed by atoms with Gasteiger partial charge in [0.25, 0.3) is 0 Å². The van der Waals surface area contributed by atoms with Crippen LogP contribution in [0.2, 0.25) is 0 Å². The molecule has 0 bridgehead atoms. The lowest BCUT2D eigenvalue weighted by Gasteiger charge is -2.11. The minimum atomic E-state index is -2.40. The second-order valence-electron chi connectivity index (χ2n) is 3.36. The van der Waals surface area contributed by atoms with Crippen LogP contribution in [-0.4, -0.2) is 31.4 Å². The molecule has 1 aliphatic carbocycles. The van der Waals surface area contributed by atoms with E-state index < -0.39 is 18.4 Å². The molecule has 0 amide bonds. The topological polar surface area (TPSA) is 29.5 Å². The van der Waals surface area contributed by atoms with Crippen molar-refractivity contribution >= 4 is 0 Å². The molecule has 3 atom stereocenters. The quantitative estimate of drug-likeness (QED) is 0.709. The van der Waals surface area contributed by atoms with Crippen LogP contribution in [0, 0.1) is 11.8 Å². The Morgan fingerprint density at radius 1 is 1.50 bits per heavy atom. The van der Waals surface area contributed by atoms with Gasteiger partial charge in [-0.05, 0) is 18.8 Å². The SMILES string of the molecule is COCC1CC(O)C(C(F)F)C1. The van der Waals surface area contributed by atoms with Gasteiger partial charge in [0.2, 0.25) is 6.43 Å². The summed E-state index contributed by atoms with van der Waals surface area (Å²) >= 11 is 0. The summed E-state index contributed by atoms with van der Waals surface area (Å²) < 4.78 is 29.3. The fourth-order valence-electron chi connectivity index (χ4n) is 1.80. The first kappa shape index (κ1) is 9.86. The molecule has 2 nitrogen and oxygen atoms in total. The first-order chi connectivity index (χ1) is 5.65. The van der Waals surface area contributed by atoms with Crippen molar-refractivity contribution in [1.29, 1.82) is 0 Å². The Balaban J connectivity index is 2.39. The van der Waals surface area contributed by atoms with E-state index in [1.165, 1.54) is 0 Å². The Morgan fingerprint density at radius 3 is 2.58 bits per heavy atom. The van der Waals surface area contributed by atoms with Gasteiger partial charge in [-0.3, -0.25) is 0 Å². The van der Waals surface area contributed by atoms with Crippen molar-refractivity contribution in [3.63, 3.8) is 0 Å². The molecule has 0 spiro atoms. The van der Waals surface area contributed by atoms with Crippen LogP contribution < -0.4 is 0 Å². The summed E-state index contributed by atoms with van der Waals surface area (Å²) in [6, 6.07) is 0. The maximum absolute atomic E-state index is 12.2. The molecule has 0 aliphatic heterocycles. The maximum Gasteiger partial charge on any atom is 0.243 e. The van der Waals surface area contributed by atoms with Gasteiger partial charge in [-0.1, -0.05) is 0 Å². The minimum Gasteiger partial charge on any atom is -0.393 e. The molecule has 0 aromatic carbocycles. The van der Waals surface area contributed by atoms with Gasteiger partial charge in [-0.2, -0.15) is 0 Å². The highest BCUT2D eigenvalue weighted by Gasteiger charge is 2.38. The van der Waals surface area contributed by atoms with E-state index in [0.717, 1.165) is 0 Å². The molecular formula is C8H14F2O2. The van der Waals surface area contributed by atoms with E-state index in [9.17, 15) is 13.9 Å². The van der Waals surface area contributed by atoms with Crippen LogP contribution in [0.5, 0.6) is 0 Å². The predicted octanol–water partition coefficient (Wildman–Crippen LogP) is 1.29. The van der Waals surface area contributed by atoms with Gasteiger partial charge in [-0.25, -0.2) is 8.78 Å².